The summed E-state index contributed by atoms with van der Waals surface area (Å²) in [7, 11) is 0. The molecular formula is C19H23N5O5. The van der Waals surface area contributed by atoms with Gasteiger partial charge in [-0.25, -0.2) is 0 Å². The van der Waals surface area contributed by atoms with Crippen molar-refractivity contribution in [2.45, 2.75) is 26.4 Å². The van der Waals surface area contributed by atoms with Crippen molar-refractivity contribution in [3.8, 4) is 11.5 Å². The average molecular weight is 401 g/mol. The van der Waals surface area contributed by atoms with Crippen LogP contribution in [-0.2, 0) is 17.9 Å². The third-order valence-electron chi connectivity index (χ3n) is 5.26. The van der Waals surface area contributed by atoms with Crippen molar-refractivity contribution in [2.24, 2.45) is 0 Å². The zero-order valence-electron chi connectivity index (χ0n) is 16.2. The van der Waals surface area contributed by atoms with E-state index < -0.39 is 4.92 Å². The number of aryl methyl sites for hydroxylation is 2. The van der Waals surface area contributed by atoms with Gasteiger partial charge in [0.05, 0.1) is 23.4 Å². The smallest absolute Gasteiger partial charge is 0.390 e. The molecule has 154 valence electrons. The van der Waals surface area contributed by atoms with E-state index >= 15 is 0 Å². The van der Waals surface area contributed by atoms with Crippen LogP contribution in [0.5, 0.6) is 11.5 Å². The summed E-state index contributed by atoms with van der Waals surface area (Å²) in [4.78, 5) is 27.0. The van der Waals surface area contributed by atoms with Gasteiger partial charge in [0.15, 0.2) is 11.5 Å². The number of nitrogens with zero attached hydrogens (tertiary/aromatic N) is 5. The maximum Gasteiger partial charge on any atom is 0.390 e. The fraction of sp³-hybridized carbons (Fsp3) is 0.474. The maximum absolute atomic E-state index is 12.5. The predicted octanol–water partition coefficient (Wildman–Crippen LogP) is 1.56. The van der Waals surface area contributed by atoms with Gasteiger partial charge in [-0.15, -0.1) is 0 Å². The highest BCUT2D eigenvalue weighted by Gasteiger charge is 2.23. The van der Waals surface area contributed by atoms with Gasteiger partial charge in [-0.2, -0.15) is 4.68 Å². The SMILES string of the molecule is Cc1cc([N+](=O)[O-])nn1CCC(=O)N1CCN(Cc2ccc3c(c2)OCO3)CC1. The zero-order valence-corrected chi connectivity index (χ0v) is 16.2. The van der Waals surface area contributed by atoms with E-state index in [4.69, 9.17) is 9.47 Å². The first-order valence-corrected chi connectivity index (χ1v) is 9.57. The normalized spacial score (nSPS) is 16.2. The van der Waals surface area contributed by atoms with Crippen molar-refractivity contribution in [3.63, 3.8) is 0 Å². The van der Waals surface area contributed by atoms with E-state index in [9.17, 15) is 14.9 Å². The lowest BCUT2D eigenvalue weighted by Gasteiger charge is -2.34. The fourth-order valence-corrected chi connectivity index (χ4v) is 3.62. The number of nitro groups is 1. The molecule has 0 spiro atoms. The molecule has 0 saturated carbocycles. The molecule has 2 aromatic rings. The highest BCUT2D eigenvalue weighted by Crippen LogP contribution is 2.32. The van der Waals surface area contributed by atoms with Crippen molar-refractivity contribution in [2.75, 3.05) is 33.0 Å². The van der Waals surface area contributed by atoms with Gasteiger partial charge in [-0.3, -0.25) is 9.69 Å². The van der Waals surface area contributed by atoms with Gasteiger partial charge in [-0.1, -0.05) is 6.07 Å². The van der Waals surface area contributed by atoms with Gasteiger partial charge >= 0.3 is 5.82 Å². The Hall–Kier alpha value is -3.14. The molecule has 1 fully saturated rings. The van der Waals surface area contributed by atoms with Crippen molar-refractivity contribution < 1.29 is 19.2 Å². The number of rotatable bonds is 6. The van der Waals surface area contributed by atoms with Crippen molar-refractivity contribution in [1.82, 2.24) is 19.6 Å². The molecule has 1 aromatic heterocycles. The first-order valence-electron chi connectivity index (χ1n) is 9.57. The number of carbonyl (C=O) groups excluding carboxylic acids is 1. The molecule has 2 aliphatic rings. The lowest BCUT2D eigenvalue weighted by molar-refractivity contribution is -0.389. The van der Waals surface area contributed by atoms with Crippen LogP contribution in [0.4, 0.5) is 5.82 Å². The Kier molecular flexibility index (Phi) is 5.34. The maximum atomic E-state index is 12.5. The minimum atomic E-state index is -0.523. The Morgan fingerprint density at radius 3 is 2.66 bits per heavy atom. The van der Waals surface area contributed by atoms with Crippen molar-refractivity contribution in [1.29, 1.82) is 0 Å². The lowest BCUT2D eigenvalue weighted by Crippen LogP contribution is -2.48. The molecule has 0 atom stereocenters. The number of amides is 1. The third kappa shape index (κ3) is 4.32. The summed E-state index contributed by atoms with van der Waals surface area (Å²) in [6.45, 7) is 6.09. The van der Waals surface area contributed by atoms with Crippen molar-refractivity contribution in [3.05, 3.63) is 45.6 Å². The molecule has 0 bridgehead atoms. The quantitative estimate of drug-likeness (QED) is 0.535. The summed E-state index contributed by atoms with van der Waals surface area (Å²) < 4.78 is 12.3. The van der Waals surface area contributed by atoms with Gasteiger partial charge in [0.25, 0.3) is 0 Å². The van der Waals surface area contributed by atoms with Crippen LogP contribution in [0.15, 0.2) is 24.3 Å². The first-order chi connectivity index (χ1) is 14.0. The fourth-order valence-electron chi connectivity index (χ4n) is 3.62. The van der Waals surface area contributed by atoms with Crippen LogP contribution in [0, 0.1) is 17.0 Å². The lowest BCUT2D eigenvalue weighted by atomic mass is 10.1. The molecule has 0 aliphatic carbocycles. The Bertz CT molecular complexity index is 920. The molecule has 3 heterocycles. The molecule has 2 aliphatic heterocycles. The van der Waals surface area contributed by atoms with Crippen molar-refractivity contribution >= 4 is 11.7 Å². The Morgan fingerprint density at radius 1 is 1.17 bits per heavy atom. The van der Waals surface area contributed by atoms with Crippen LogP contribution in [-0.4, -0.2) is 63.4 Å². The monoisotopic (exact) mass is 401 g/mol. The molecule has 0 unspecified atom stereocenters. The number of ether oxygens (including phenoxy) is 2. The summed E-state index contributed by atoms with van der Waals surface area (Å²) in [5, 5.41) is 14.7. The van der Waals surface area contributed by atoms with Gasteiger partial charge in [-0.05, 0) is 29.5 Å². The van der Waals surface area contributed by atoms with E-state index in [1.54, 1.807) is 6.92 Å². The number of fused-ring (bicyclic) bond motifs is 1. The van der Waals surface area contributed by atoms with E-state index in [0.717, 1.165) is 36.7 Å². The Balaban J connectivity index is 1.25. The topological polar surface area (TPSA) is 103 Å². The van der Waals surface area contributed by atoms with Gasteiger partial charge < -0.3 is 24.5 Å². The number of hydrogen-bond acceptors (Lipinski definition) is 7. The highest BCUT2D eigenvalue weighted by atomic mass is 16.7. The molecule has 10 nitrogen and oxygen atoms in total. The van der Waals surface area contributed by atoms with Gasteiger partial charge in [0.2, 0.25) is 12.7 Å². The molecule has 0 radical (unpaired) electrons. The standard InChI is InChI=1S/C19H23N5O5/c1-14-10-18(24(26)27)20-23(14)5-4-19(25)22-8-6-21(7-9-22)12-15-2-3-16-17(11-15)29-13-28-16/h2-3,10-11H,4-9,12-13H2,1H3. The molecule has 1 aromatic carbocycles. The van der Waals surface area contributed by atoms with Gasteiger partial charge in [0, 0.05) is 39.1 Å². The summed E-state index contributed by atoms with van der Waals surface area (Å²) in [6.07, 6.45) is 0.280. The second-order valence-electron chi connectivity index (χ2n) is 7.22. The highest BCUT2D eigenvalue weighted by molar-refractivity contribution is 5.76. The predicted molar refractivity (Wildman–Crippen MR) is 103 cm³/mol. The summed E-state index contributed by atoms with van der Waals surface area (Å²) >= 11 is 0. The van der Waals surface area contributed by atoms with Crippen LogP contribution in [0.2, 0.25) is 0 Å². The molecule has 1 amide bonds. The van der Waals surface area contributed by atoms with Crippen LogP contribution in [0.25, 0.3) is 0 Å². The molecule has 0 N–H and O–H groups in total. The van der Waals surface area contributed by atoms with Crippen LogP contribution < -0.4 is 9.47 Å². The summed E-state index contributed by atoms with van der Waals surface area (Å²) in [5.74, 6) is 1.42. The number of hydrogen-bond donors (Lipinski definition) is 0. The van der Waals surface area contributed by atoms with Crippen LogP contribution in [0.3, 0.4) is 0 Å². The van der Waals surface area contributed by atoms with E-state index in [1.807, 2.05) is 23.1 Å². The molecular weight excluding hydrogens is 378 g/mol. The number of aromatic nitrogens is 2. The first kappa shape index (κ1) is 19.2. The largest absolute Gasteiger partial charge is 0.454 e. The molecule has 4 rings (SSSR count). The van der Waals surface area contributed by atoms with E-state index in [0.29, 0.717) is 25.3 Å². The number of carbonyl (C=O) groups is 1. The second kappa shape index (κ2) is 8.08. The Labute approximate surface area is 167 Å². The Morgan fingerprint density at radius 2 is 1.93 bits per heavy atom. The van der Waals surface area contributed by atoms with E-state index in [2.05, 4.69) is 10.00 Å². The average Bonchev–Trinajstić information content (AvgIpc) is 3.32. The number of benzene rings is 1. The minimum Gasteiger partial charge on any atom is -0.454 e. The minimum absolute atomic E-state index is 0.0466. The summed E-state index contributed by atoms with van der Waals surface area (Å²) in [6, 6.07) is 7.39. The van der Waals surface area contributed by atoms with E-state index in [-0.39, 0.29) is 24.9 Å². The summed E-state index contributed by atoms with van der Waals surface area (Å²) in [5.41, 5.74) is 1.84. The molecule has 1 saturated heterocycles. The van der Waals surface area contributed by atoms with Gasteiger partial charge in [0.1, 0.15) is 0 Å². The zero-order chi connectivity index (χ0) is 20.4. The molecule has 29 heavy (non-hydrogen) atoms. The van der Waals surface area contributed by atoms with Crippen LogP contribution in [0.1, 0.15) is 17.7 Å². The van der Waals surface area contributed by atoms with E-state index in [1.165, 1.54) is 10.7 Å². The second-order valence-corrected chi connectivity index (χ2v) is 7.22. The number of piperazine rings is 1. The van der Waals surface area contributed by atoms with Crippen LogP contribution >= 0.6 is 0 Å². The molecule has 10 heteroatoms. The third-order valence-corrected chi connectivity index (χ3v) is 5.26.